The van der Waals surface area contributed by atoms with E-state index in [2.05, 4.69) is 15.2 Å². The number of hydrogen-bond donors (Lipinski definition) is 2. The van der Waals surface area contributed by atoms with Crippen molar-refractivity contribution in [3.8, 4) is 0 Å². The summed E-state index contributed by atoms with van der Waals surface area (Å²) in [7, 11) is 2.01. The molecule has 1 aliphatic carbocycles. The summed E-state index contributed by atoms with van der Waals surface area (Å²) >= 11 is 0. The van der Waals surface area contributed by atoms with Gasteiger partial charge in [-0.1, -0.05) is 19.3 Å². The number of aliphatic hydroxyl groups is 1. The molecule has 0 radical (unpaired) electrons. The molecule has 0 amide bonds. The molecule has 1 aliphatic rings. The largest absolute Gasteiger partial charge is 0.395 e. The third-order valence-electron chi connectivity index (χ3n) is 4.60. The van der Waals surface area contributed by atoms with Crippen molar-refractivity contribution in [2.24, 2.45) is 0 Å². The summed E-state index contributed by atoms with van der Waals surface area (Å²) in [6.45, 7) is 1.31. The Morgan fingerprint density at radius 1 is 1.45 bits per heavy atom. The van der Waals surface area contributed by atoms with Gasteiger partial charge in [-0.3, -0.25) is 15.0 Å². The summed E-state index contributed by atoms with van der Waals surface area (Å²) in [5.74, 6) is 0.315. The van der Waals surface area contributed by atoms with Gasteiger partial charge in [-0.25, -0.2) is 4.98 Å². The number of nitrogens with one attached hydrogen (secondary N) is 1. The molecule has 7 heteroatoms. The summed E-state index contributed by atoms with van der Waals surface area (Å²) in [6, 6.07) is 3.03. The molecule has 1 aromatic heterocycles. The summed E-state index contributed by atoms with van der Waals surface area (Å²) in [5, 5.41) is 23.5. The first-order valence-corrected chi connectivity index (χ1v) is 7.74. The number of aromatic nitrogens is 1. The normalized spacial score (nSPS) is 17.4. The smallest absolute Gasteiger partial charge is 0.311 e. The number of β-amino-alcohol motifs (C(OH)–C–C–N with tert-alkyl or cyclic N) is 1. The van der Waals surface area contributed by atoms with Crippen LogP contribution in [-0.4, -0.2) is 52.2 Å². The molecule has 2 N–H and O–H groups in total. The Bertz CT molecular complexity index is 503. The molecule has 0 bridgehead atoms. The summed E-state index contributed by atoms with van der Waals surface area (Å²) in [5.41, 5.74) is -0.0786. The molecule has 2 rings (SSSR count). The van der Waals surface area contributed by atoms with Crippen molar-refractivity contribution in [3.63, 3.8) is 0 Å². The van der Waals surface area contributed by atoms with Gasteiger partial charge in [-0.15, -0.1) is 0 Å². The van der Waals surface area contributed by atoms with Crippen molar-refractivity contribution in [1.82, 2.24) is 9.88 Å². The number of hydrogen-bond acceptors (Lipinski definition) is 6. The highest BCUT2D eigenvalue weighted by molar-refractivity contribution is 5.55. The molecule has 1 fully saturated rings. The number of rotatable bonds is 7. The number of aliphatic hydroxyl groups excluding tert-OH is 1. The van der Waals surface area contributed by atoms with Gasteiger partial charge in [0.05, 0.1) is 11.5 Å². The molecular weight excluding hydrogens is 284 g/mol. The summed E-state index contributed by atoms with van der Waals surface area (Å²) in [4.78, 5) is 16.9. The molecular formula is C15H24N4O3. The lowest BCUT2D eigenvalue weighted by molar-refractivity contribution is -0.384. The van der Waals surface area contributed by atoms with Crippen LogP contribution in [0.1, 0.15) is 32.1 Å². The zero-order valence-electron chi connectivity index (χ0n) is 13.0. The van der Waals surface area contributed by atoms with Gasteiger partial charge in [0, 0.05) is 30.9 Å². The van der Waals surface area contributed by atoms with Crippen LogP contribution >= 0.6 is 0 Å². The standard InChI is InChI=1S/C15H24N4O3/c1-18(10-11-20)15(7-3-2-4-8-15)12-17-14-13(19(21)22)6-5-9-16-14/h5-6,9,20H,2-4,7-8,10-12H2,1H3,(H,16,17). The molecule has 0 unspecified atom stereocenters. The molecule has 7 nitrogen and oxygen atoms in total. The second kappa shape index (κ2) is 7.51. The average molecular weight is 308 g/mol. The predicted molar refractivity (Wildman–Crippen MR) is 84.9 cm³/mol. The van der Waals surface area contributed by atoms with E-state index in [4.69, 9.17) is 0 Å². The molecule has 0 aliphatic heterocycles. The van der Waals surface area contributed by atoms with E-state index >= 15 is 0 Å². The Morgan fingerprint density at radius 2 is 2.18 bits per heavy atom. The first-order valence-electron chi connectivity index (χ1n) is 7.74. The van der Waals surface area contributed by atoms with Crippen molar-refractivity contribution < 1.29 is 10.0 Å². The van der Waals surface area contributed by atoms with Gasteiger partial charge in [0.1, 0.15) is 0 Å². The third-order valence-corrected chi connectivity index (χ3v) is 4.60. The van der Waals surface area contributed by atoms with Crippen LogP contribution in [0.4, 0.5) is 11.5 Å². The van der Waals surface area contributed by atoms with Gasteiger partial charge < -0.3 is 10.4 Å². The first-order chi connectivity index (χ1) is 10.6. The SMILES string of the molecule is CN(CCO)C1(CNc2ncccc2[N+](=O)[O-])CCCCC1. The fourth-order valence-corrected chi connectivity index (χ4v) is 3.22. The van der Waals surface area contributed by atoms with Crippen molar-refractivity contribution >= 4 is 11.5 Å². The van der Waals surface area contributed by atoms with Crippen LogP contribution in [0, 0.1) is 10.1 Å². The monoisotopic (exact) mass is 308 g/mol. The Hall–Kier alpha value is -1.73. The minimum atomic E-state index is -0.416. The Morgan fingerprint density at radius 3 is 2.82 bits per heavy atom. The number of anilines is 1. The zero-order chi connectivity index (χ0) is 16.0. The van der Waals surface area contributed by atoms with Gasteiger partial charge >= 0.3 is 5.69 Å². The van der Waals surface area contributed by atoms with Crippen LogP contribution in [0.3, 0.4) is 0 Å². The highest BCUT2D eigenvalue weighted by Crippen LogP contribution is 2.33. The molecule has 122 valence electrons. The van der Waals surface area contributed by atoms with Crippen molar-refractivity contribution in [2.45, 2.75) is 37.6 Å². The van der Waals surface area contributed by atoms with Crippen LogP contribution in [-0.2, 0) is 0 Å². The molecule has 0 aromatic carbocycles. The first kappa shape index (κ1) is 16.6. The van der Waals surface area contributed by atoms with E-state index < -0.39 is 4.92 Å². The van der Waals surface area contributed by atoms with E-state index in [1.807, 2.05) is 7.05 Å². The molecule has 0 saturated heterocycles. The Labute approximate surface area is 130 Å². The molecule has 0 spiro atoms. The van der Waals surface area contributed by atoms with E-state index in [0.717, 1.165) is 25.7 Å². The third kappa shape index (κ3) is 3.72. The van der Waals surface area contributed by atoms with Gasteiger partial charge in [0.25, 0.3) is 0 Å². The van der Waals surface area contributed by atoms with Crippen LogP contribution in [0.2, 0.25) is 0 Å². The highest BCUT2D eigenvalue weighted by atomic mass is 16.6. The second-order valence-electron chi connectivity index (χ2n) is 5.91. The highest BCUT2D eigenvalue weighted by Gasteiger charge is 2.36. The number of pyridine rings is 1. The van der Waals surface area contributed by atoms with Gasteiger partial charge in [-0.05, 0) is 26.0 Å². The molecule has 0 atom stereocenters. The zero-order valence-corrected chi connectivity index (χ0v) is 13.0. The van der Waals surface area contributed by atoms with Crippen LogP contribution in [0.5, 0.6) is 0 Å². The molecule has 22 heavy (non-hydrogen) atoms. The van der Waals surface area contributed by atoms with Crippen molar-refractivity contribution in [2.75, 3.05) is 32.1 Å². The van der Waals surface area contributed by atoms with Crippen molar-refractivity contribution in [3.05, 3.63) is 28.4 Å². The van der Waals surface area contributed by atoms with E-state index in [-0.39, 0.29) is 17.8 Å². The van der Waals surface area contributed by atoms with E-state index in [1.165, 1.54) is 12.5 Å². The molecule has 1 saturated carbocycles. The van der Waals surface area contributed by atoms with E-state index in [9.17, 15) is 15.2 Å². The summed E-state index contributed by atoms with van der Waals surface area (Å²) in [6.07, 6.45) is 7.11. The lowest BCUT2D eigenvalue weighted by Crippen LogP contribution is -2.53. The fraction of sp³-hybridized carbons (Fsp3) is 0.667. The molecule has 1 aromatic rings. The maximum Gasteiger partial charge on any atom is 0.311 e. The Balaban J connectivity index is 2.13. The topological polar surface area (TPSA) is 91.5 Å². The van der Waals surface area contributed by atoms with Gasteiger partial charge in [0.15, 0.2) is 0 Å². The molecule has 1 heterocycles. The Kier molecular flexibility index (Phi) is 5.68. The fourth-order valence-electron chi connectivity index (χ4n) is 3.22. The van der Waals surface area contributed by atoms with Crippen LogP contribution in [0.15, 0.2) is 18.3 Å². The number of nitrogens with zero attached hydrogens (tertiary/aromatic N) is 3. The second-order valence-corrected chi connectivity index (χ2v) is 5.91. The average Bonchev–Trinajstić information content (AvgIpc) is 2.54. The van der Waals surface area contributed by atoms with Gasteiger partial charge in [0.2, 0.25) is 5.82 Å². The van der Waals surface area contributed by atoms with Crippen LogP contribution < -0.4 is 5.32 Å². The number of nitro groups is 1. The minimum absolute atomic E-state index is 0.00160. The van der Waals surface area contributed by atoms with Crippen molar-refractivity contribution in [1.29, 1.82) is 0 Å². The predicted octanol–water partition coefficient (Wildman–Crippen LogP) is 2.03. The minimum Gasteiger partial charge on any atom is -0.395 e. The lowest BCUT2D eigenvalue weighted by atomic mass is 9.80. The quantitative estimate of drug-likeness (QED) is 0.591. The van der Waals surface area contributed by atoms with Crippen LogP contribution in [0.25, 0.3) is 0 Å². The van der Waals surface area contributed by atoms with E-state index in [0.29, 0.717) is 18.9 Å². The summed E-state index contributed by atoms with van der Waals surface area (Å²) < 4.78 is 0. The maximum atomic E-state index is 11.1. The maximum absolute atomic E-state index is 11.1. The lowest BCUT2D eigenvalue weighted by Gasteiger charge is -2.44. The van der Waals surface area contributed by atoms with Gasteiger partial charge in [-0.2, -0.15) is 0 Å². The number of likely N-dealkylation sites (N-methyl/N-ethyl adjacent to an activating group) is 1. The van der Waals surface area contributed by atoms with E-state index in [1.54, 1.807) is 12.3 Å².